The van der Waals surface area contributed by atoms with Crippen LogP contribution in [-0.2, 0) is 17.9 Å². The summed E-state index contributed by atoms with van der Waals surface area (Å²) >= 11 is 0. The molecule has 1 aliphatic heterocycles. The smallest absolute Gasteiger partial charge is 0.352 e. The number of nitrogens with one attached hydrogen (secondary N) is 1. The van der Waals surface area contributed by atoms with E-state index in [0.717, 1.165) is 4.68 Å². The summed E-state index contributed by atoms with van der Waals surface area (Å²) in [5, 5.41) is 7.36. The van der Waals surface area contributed by atoms with E-state index in [9.17, 15) is 18.8 Å². The van der Waals surface area contributed by atoms with Crippen molar-refractivity contribution >= 4 is 28.3 Å². The van der Waals surface area contributed by atoms with Crippen LogP contribution in [0.25, 0.3) is 16.7 Å². The lowest BCUT2D eigenvalue weighted by atomic mass is 10.2. The second kappa shape index (κ2) is 8.38. The summed E-state index contributed by atoms with van der Waals surface area (Å²) in [6, 6.07) is 17.3. The summed E-state index contributed by atoms with van der Waals surface area (Å²) < 4.78 is 27.6. The maximum absolute atomic E-state index is 13.4. The second-order valence-electron chi connectivity index (χ2n) is 8.23. The molecular formula is C25H18FN5O5. The molecule has 6 rings (SSSR count). The van der Waals surface area contributed by atoms with Crippen molar-refractivity contribution in [3.05, 3.63) is 98.9 Å². The average Bonchev–Trinajstić information content (AvgIpc) is 3.47. The Morgan fingerprint density at radius 1 is 1.00 bits per heavy atom. The highest BCUT2D eigenvalue weighted by Crippen LogP contribution is 2.34. The Morgan fingerprint density at radius 3 is 2.61 bits per heavy atom. The third-order valence-electron chi connectivity index (χ3n) is 5.89. The summed E-state index contributed by atoms with van der Waals surface area (Å²) in [5.41, 5.74) is 0.567. The second-order valence-corrected chi connectivity index (χ2v) is 8.23. The SMILES string of the molecule is O=C(Cn1nc2n(Cc3ccc(F)cc3)c(=O)c3ccccc3n2c1=O)Nc1ccc2c(c1)OCO2. The standard InChI is InChI=1S/C25H18FN5O5/c26-16-7-5-15(6-8-16)12-29-23(33)18-3-1-2-4-19(18)31-24(29)28-30(25(31)34)13-22(32)27-17-9-10-20-21(11-17)36-14-35-20/h1-11H,12-14H2,(H,27,32). The molecule has 0 saturated heterocycles. The van der Waals surface area contributed by atoms with Gasteiger partial charge in [-0.15, -0.1) is 5.10 Å². The lowest BCUT2D eigenvalue weighted by Gasteiger charge is -2.09. The number of hydrogen-bond acceptors (Lipinski definition) is 6. The Morgan fingerprint density at radius 2 is 1.78 bits per heavy atom. The number of amides is 1. The lowest BCUT2D eigenvalue weighted by Crippen LogP contribution is -2.29. The molecule has 180 valence electrons. The van der Waals surface area contributed by atoms with Crippen LogP contribution < -0.4 is 26.0 Å². The Labute approximate surface area is 201 Å². The van der Waals surface area contributed by atoms with Crippen LogP contribution in [0.15, 0.2) is 76.3 Å². The molecule has 36 heavy (non-hydrogen) atoms. The molecule has 10 nitrogen and oxygen atoms in total. The topological polar surface area (TPSA) is 109 Å². The minimum Gasteiger partial charge on any atom is -0.454 e. The summed E-state index contributed by atoms with van der Waals surface area (Å²) in [4.78, 5) is 39.4. The normalized spacial score (nSPS) is 12.4. The van der Waals surface area contributed by atoms with Gasteiger partial charge in [0, 0.05) is 11.8 Å². The first-order valence-electron chi connectivity index (χ1n) is 11.0. The maximum atomic E-state index is 13.4. The fraction of sp³-hybridized carbons (Fsp3) is 0.120. The van der Waals surface area contributed by atoms with Gasteiger partial charge in [0.2, 0.25) is 18.5 Å². The summed E-state index contributed by atoms with van der Waals surface area (Å²) in [5.74, 6) is 0.272. The van der Waals surface area contributed by atoms with Gasteiger partial charge >= 0.3 is 5.69 Å². The van der Waals surface area contributed by atoms with E-state index in [-0.39, 0.29) is 31.2 Å². The Bertz CT molecular complexity index is 1770. The van der Waals surface area contributed by atoms with Gasteiger partial charge in [-0.25, -0.2) is 18.3 Å². The van der Waals surface area contributed by atoms with Crippen molar-refractivity contribution in [2.45, 2.75) is 13.1 Å². The summed E-state index contributed by atoms with van der Waals surface area (Å²) in [6.07, 6.45) is 0. The molecule has 0 bridgehead atoms. The van der Waals surface area contributed by atoms with Gasteiger partial charge in [-0.3, -0.25) is 14.2 Å². The number of fused-ring (bicyclic) bond motifs is 4. The molecule has 2 aromatic heterocycles. The van der Waals surface area contributed by atoms with Crippen LogP contribution in [-0.4, -0.2) is 31.4 Å². The van der Waals surface area contributed by atoms with Gasteiger partial charge in [0.15, 0.2) is 11.5 Å². The number of benzene rings is 3. The van der Waals surface area contributed by atoms with Crippen molar-refractivity contribution in [2.75, 3.05) is 12.1 Å². The molecule has 0 unspecified atom stereocenters. The van der Waals surface area contributed by atoms with Crippen LogP contribution in [0.5, 0.6) is 11.5 Å². The van der Waals surface area contributed by atoms with Crippen LogP contribution in [0.3, 0.4) is 0 Å². The van der Waals surface area contributed by atoms with E-state index in [4.69, 9.17) is 9.47 Å². The van der Waals surface area contributed by atoms with Crippen molar-refractivity contribution in [1.82, 2.24) is 18.7 Å². The molecule has 0 aliphatic carbocycles. The minimum atomic E-state index is -0.574. The zero-order chi connectivity index (χ0) is 24.8. The van der Waals surface area contributed by atoms with E-state index >= 15 is 0 Å². The van der Waals surface area contributed by atoms with Gasteiger partial charge in [-0.2, -0.15) is 0 Å². The Balaban J connectivity index is 1.40. The highest BCUT2D eigenvalue weighted by Gasteiger charge is 2.20. The quantitative estimate of drug-likeness (QED) is 0.408. The van der Waals surface area contributed by atoms with Crippen LogP contribution >= 0.6 is 0 Å². The first-order valence-corrected chi connectivity index (χ1v) is 11.0. The van der Waals surface area contributed by atoms with Gasteiger partial charge < -0.3 is 14.8 Å². The number of anilines is 1. The molecular weight excluding hydrogens is 469 g/mol. The fourth-order valence-corrected chi connectivity index (χ4v) is 4.20. The number of ether oxygens (including phenoxy) is 2. The lowest BCUT2D eigenvalue weighted by molar-refractivity contribution is -0.117. The van der Waals surface area contributed by atoms with Crippen molar-refractivity contribution in [3.8, 4) is 11.5 Å². The molecule has 0 atom stereocenters. The summed E-state index contributed by atoms with van der Waals surface area (Å²) in [6.45, 7) is -0.210. The first-order chi connectivity index (χ1) is 17.5. The van der Waals surface area contributed by atoms with E-state index in [2.05, 4.69) is 10.4 Å². The van der Waals surface area contributed by atoms with Gasteiger partial charge in [-0.05, 0) is 42.0 Å². The number of nitrogens with zero attached hydrogens (tertiary/aromatic N) is 4. The minimum absolute atomic E-state index is 0.0628. The number of aromatic nitrogens is 4. The van der Waals surface area contributed by atoms with Crippen LogP contribution in [0, 0.1) is 5.82 Å². The van der Waals surface area contributed by atoms with E-state index < -0.39 is 17.4 Å². The Hall–Kier alpha value is -4.93. The molecule has 3 aromatic carbocycles. The highest BCUT2D eigenvalue weighted by molar-refractivity contribution is 5.91. The van der Waals surface area contributed by atoms with Crippen molar-refractivity contribution < 1.29 is 18.7 Å². The molecule has 0 radical (unpaired) electrons. The molecule has 11 heteroatoms. The number of para-hydroxylation sites is 1. The third-order valence-corrected chi connectivity index (χ3v) is 5.89. The number of halogens is 1. The first kappa shape index (κ1) is 21.6. The van der Waals surface area contributed by atoms with Gasteiger partial charge in [0.05, 0.1) is 17.4 Å². The number of hydrogen-bond donors (Lipinski definition) is 1. The van der Waals surface area contributed by atoms with Crippen molar-refractivity contribution in [1.29, 1.82) is 0 Å². The van der Waals surface area contributed by atoms with Gasteiger partial charge in [-0.1, -0.05) is 24.3 Å². The molecule has 0 spiro atoms. The van der Waals surface area contributed by atoms with E-state index in [1.807, 2.05) is 0 Å². The van der Waals surface area contributed by atoms with Crippen LogP contribution in [0.2, 0.25) is 0 Å². The Kier molecular flexibility index (Phi) is 5.03. The van der Waals surface area contributed by atoms with E-state index in [1.54, 1.807) is 54.6 Å². The molecule has 1 aliphatic rings. The monoisotopic (exact) mass is 487 g/mol. The largest absolute Gasteiger partial charge is 0.454 e. The highest BCUT2D eigenvalue weighted by atomic mass is 19.1. The average molecular weight is 487 g/mol. The van der Waals surface area contributed by atoms with Gasteiger partial charge in [0.25, 0.3) is 5.56 Å². The van der Waals surface area contributed by atoms with E-state index in [0.29, 0.717) is 33.7 Å². The zero-order valence-corrected chi connectivity index (χ0v) is 18.7. The van der Waals surface area contributed by atoms with Crippen LogP contribution in [0.1, 0.15) is 5.56 Å². The van der Waals surface area contributed by atoms with E-state index in [1.165, 1.54) is 21.1 Å². The predicted molar refractivity (Wildman–Crippen MR) is 128 cm³/mol. The van der Waals surface area contributed by atoms with Crippen molar-refractivity contribution in [2.24, 2.45) is 0 Å². The molecule has 0 fully saturated rings. The number of carbonyl (C=O) groups excluding carboxylic acids is 1. The van der Waals surface area contributed by atoms with Crippen LogP contribution in [0.4, 0.5) is 10.1 Å². The summed E-state index contributed by atoms with van der Waals surface area (Å²) in [7, 11) is 0. The molecule has 0 saturated carbocycles. The number of carbonyl (C=O) groups is 1. The number of rotatable bonds is 5. The third kappa shape index (κ3) is 3.66. The predicted octanol–water partition coefficient (Wildman–Crippen LogP) is 2.37. The molecule has 5 aromatic rings. The van der Waals surface area contributed by atoms with Gasteiger partial charge in [0.1, 0.15) is 12.4 Å². The maximum Gasteiger partial charge on any atom is 0.352 e. The molecule has 1 N–H and O–H groups in total. The molecule has 3 heterocycles. The van der Waals surface area contributed by atoms with Crippen molar-refractivity contribution in [3.63, 3.8) is 0 Å². The fourth-order valence-electron chi connectivity index (χ4n) is 4.20. The molecule has 1 amide bonds. The zero-order valence-electron chi connectivity index (χ0n) is 18.7.